The molecule has 1 N–H and O–H groups in total. The molecular weight excluding hydrogens is 381 g/mol. The van der Waals surface area contributed by atoms with Crippen LogP contribution in [0.25, 0.3) is 5.69 Å². The molecule has 2 aromatic heterocycles. The minimum Gasteiger partial charge on any atom is -0.369 e. The van der Waals surface area contributed by atoms with E-state index in [1.807, 2.05) is 0 Å². The number of benzene rings is 1. The van der Waals surface area contributed by atoms with Crippen LogP contribution in [0, 0.1) is 5.82 Å². The summed E-state index contributed by atoms with van der Waals surface area (Å²) in [6, 6.07) is 7.69. The predicted octanol–water partition coefficient (Wildman–Crippen LogP) is 3.20. The van der Waals surface area contributed by atoms with Crippen LogP contribution in [0.3, 0.4) is 0 Å². The molecule has 7 nitrogen and oxygen atoms in total. The summed E-state index contributed by atoms with van der Waals surface area (Å²) in [6.07, 6.45) is 9.03. The lowest BCUT2D eigenvalue weighted by molar-refractivity contribution is 0.577. The van der Waals surface area contributed by atoms with E-state index in [1.54, 1.807) is 30.6 Å². The first kappa shape index (κ1) is 18.4. The molecular formula is C19H20FN5O2S. The van der Waals surface area contributed by atoms with Gasteiger partial charge in [0.15, 0.2) is 0 Å². The smallest absolute Gasteiger partial charge is 0.265 e. The minimum absolute atomic E-state index is 0.0443. The van der Waals surface area contributed by atoms with E-state index in [2.05, 4.69) is 19.7 Å². The van der Waals surface area contributed by atoms with Gasteiger partial charge in [-0.15, -0.1) is 0 Å². The van der Waals surface area contributed by atoms with Crippen molar-refractivity contribution in [2.75, 3.05) is 22.7 Å². The number of aromatic nitrogens is 3. The van der Waals surface area contributed by atoms with Crippen LogP contribution >= 0.6 is 0 Å². The molecule has 0 amide bonds. The number of para-hydroxylation sites is 1. The highest BCUT2D eigenvalue weighted by atomic mass is 32.2. The number of halogens is 1. The number of pyridine rings is 1. The summed E-state index contributed by atoms with van der Waals surface area (Å²) >= 11 is 0. The highest BCUT2D eigenvalue weighted by Crippen LogP contribution is 2.29. The Labute approximate surface area is 162 Å². The standard InChI is InChI=1S/C19H20FN5O2S/c20-16-6-2-3-7-18(16)25-14-15(12-22-25)28(26,27)23-17-8-9-21-13-19(17)24-10-4-1-5-11-24/h2-3,6-9,12-14H,1,4-5,10-11H2,(H,21,23). The molecule has 0 unspecified atom stereocenters. The Hall–Kier alpha value is -2.94. The molecule has 3 aromatic rings. The summed E-state index contributed by atoms with van der Waals surface area (Å²) in [5.41, 5.74) is 1.41. The van der Waals surface area contributed by atoms with E-state index < -0.39 is 15.8 Å². The Kier molecular flexibility index (Phi) is 4.99. The molecule has 9 heteroatoms. The van der Waals surface area contributed by atoms with Gasteiger partial charge >= 0.3 is 0 Å². The highest BCUT2D eigenvalue weighted by Gasteiger charge is 2.21. The van der Waals surface area contributed by atoms with Crippen molar-refractivity contribution in [2.24, 2.45) is 0 Å². The fourth-order valence-electron chi connectivity index (χ4n) is 3.28. The monoisotopic (exact) mass is 401 g/mol. The number of anilines is 2. The van der Waals surface area contributed by atoms with Gasteiger partial charge < -0.3 is 4.90 Å². The van der Waals surface area contributed by atoms with Gasteiger partial charge in [-0.1, -0.05) is 12.1 Å². The van der Waals surface area contributed by atoms with E-state index in [1.165, 1.54) is 35.6 Å². The Morgan fingerprint density at radius 3 is 2.57 bits per heavy atom. The largest absolute Gasteiger partial charge is 0.369 e. The summed E-state index contributed by atoms with van der Waals surface area (Å²) in [5, 5.41) is 4.00. The summed E-state index contributed by atoms with van der Waals surface area (Å²) in [5.74, 6) is -0.482. The number of nitrogens with one attached hydrogen (secondary N) is 1. The van der Waals surface area contributed by atoms with Crippen LogP contribution in [0.5, 0.6) is 0 Å². The summed E-state index contributed by atoms with van der Waals surface area (Å²) in [4.78, 5) is 6.23. The molecule has 3 heterocycles. The highest BCUT2D eigenvalue weighted by molar-refractivity contribution is 7.92. The molecule has 146 valence electrons. The first-order chi connectivity index (χ1) is 13.5. The normalized spacial score (nSPS) is 14.8. The van der Waals surface area contributed by atoms with Crippen LogP contribution in [-0.4, -0.2) is 36.3 Å². The van der Waals surface area contributed by atoms with Gasteiger partial charge in [0.2, 0.25) is 0 Å². The molecule has 1 aromatic carbocycles. The van der Waals surface area contributed by atoms with Crippen molar-refractivity contribution in [3.8, 4) is 5.69 Å². The van der Waals surface area contributed by atoms with Gasteiger partial charge in [0.25, 0.3) is 10.0 Å². The number of piperidine rings is 1. The van der Waals surface area contributed by atoms with Gasteiger partial charge in [-0.05, 0) is 37.5 Å². The number of hydrogen-bond donors (Lipinski definition) is 1. The lowest BCUT2D eigenvalue weighted by Crippen LogP contribution is -2.30. The quantitative estimate of drug-likeness (QED) is 0.710. The average molecular weight is 401 g/mol. The maximum Gasteiger partial charge on any atom is 0.265 e. The molecule has 1 saturated heterocycles. The van der Waals surface area contributed by atoms with Crippen LogP contribution in [-0.2, 0) is 10.0 Å². The fraction of sp³-hybridized carbons (Fsp3) is 0.263. The number of hydrogen-bond acceptors (Lipinski definition) is 5. The SMILES string of the molecule is O=S(=O)(Nc1ccncc1N1CCCCC1)c1cnn(-c2ccccc2F)c1. The van der Waals surface area contributed by atoms with Gasteiger partial charge in [-0.2, -0.15) is 5.10 Å². The van der Waals surface area contributed by atoms with Crippen molar-refractivity contribution in [1.29, 1.82) is 0 Å². The van der Waals surface area contributed by atoms with E-state index in [0.29, 0.717) is 5.69 Å². The van der Waals surface area contributed by atoms with Crippen LogP contribution in [0.1, 0.15) is 19.3 Å². The summed E-state index contributed by atoms with van der Waals surface area (Å²) < 4.78 is 43.5. The maximum absolute atomic E-state index is 13.9. The van der Waals surface area contributed by atoms with Crippen molar-refractivity contribution in [3.05, 3.63) is 60.9 Å². The lowest BCUT2D eigenvalue weighted by Gasteiger charge is -2.30. The topological polar surface area (TPSA) is 80.1 Å². The van der Waals surface area contributed by atoms with Crippen molar-refractivity contribution < 1.29 is 12.8 Å². The predicted molar refractivity (Wildman–Crippen MR) is 105 cm³/mol. The minimum atomic E-state index is -3.88. The summed E-state index contributed by atoms with van der Waals surface area (Å²) in [6.45, 7) is 1.73. The average Bonchev–Trinajstić information content (AvgIpc) is 3.20. The van der Waals surface area contributed by atoms with Crippen LogP contribution in [0.4, 0.5) is 15.8 Å². The lowest BCUT2D eigenvalue weighted by atomic mass is 10.1. The molecule has 0 atom stereocenters. The van der Waals surface area contributed by atoms with E-state index in [0.717, 1.165) is 31.6 Å². The second-order valence-corrected chi connectivity index (χ2v) is 8.30. The molecule has 0 spiro atoms. The van der Waals surface area contributed by atoms with E-state index in [-0.39, 0.29) is 10.6 Å². The first-order valence-electron chi connectivity index (χ1n) is 9.06. The molecule has 0 saturated carbocycles. The van der Waals surface area contributed by atoms with Gasteiger partial charge in [-0.25, -0.2) is 17.5 Å². The number of nitrogens with zero attached hydrogens (tertiary/aromatic N) is 4. The van der Waals surface area contributed by atoms with Gasteiger partial charge in [0.1, 0.15) is 16.4 Å². The molecule has 1 aliphatic rings. The first-order valence-corrected chi connectivity index (χ1v) is 10.5. The van der Waals surface area contributed by atoms with Crippen LogP contribution in [0.2, 0.25) is 0 Å². The molecule has 0 radical (unpaired) electrons. The van der Waals surface area contributed by atoms with E-state index in [4.69, 9.17) is 0 Å². The van der Waals surface area contributed by atoms with Crippen LogP contribution in [0.15, 0.2) is 60.0 Å². The summed E-state index contributed by atoms with van der Waals surface area (Å²) in [7, 11) is -3.88. The molecule has 4 rings (SSSR count). The van der Waals surface area contributed by atoms with E-state index >= 15 is 0 Å². The Morgan fingerprint density at radius 1 is 1.00 bits per heavy atom. The number of sulfonamides is 1. The third-order valence-electron chi connectivity index (χ3n) is 4.71. The second kappa shape index (κ2) is 7.59. The molecule has 28 heavy (non-hydrogen) atoms. The van der Waals surface area contributed by atoms with Crippen molar-refractivity contribution in [1.82, 2.24) is 14.8 Å². The van der Waals surface area contributed by atoms with E-state index in [9.17, 15) is 12.8 Å². The zero-order valence-electron chi connectivity index (χ0n) is 15.1. The van der Waals surface area contributed by atoms with Crippen molar-refractivity contribution in [2.45, 2.75) is 24.2 Å². The Morgan fingerprint density at radius 2 is 1.79 bits per heavy atom. The molecule has 1 aliphatic heterocycles. The zero-order valence-corrected chi connectivity index (χ0v) is 15.9. The fourth-order valence-corrected chi connectivity index (χ4v) is 4.28. The van der Waals surface area contributed by atoms with Gasteiger partial charge in [0, 0.05) is 19.3 Å². The maximum atomic E-state index is 13.9. The zero-order chi connectivity index (χ0) is 19.6. The van der Waals surface area contributed by atoms with Crippen molar-refractivity contribution >= 4 is 21.4 Å². The third kappa shape index (κ3) is 3.70. The second-order valence-electron chi connectivity index (χ2n) is 6.62. The van der Waals surface area contributed by atoms with Crippen LogP contribution < -0.4 is 9.62 Å². The van der Waals surface area contributed by atoms with Gasteiger partial charge in [0.05, 0.1) is 30.0 Å². The number of rotatable bonds is 5. The third-order valence-corrected chi connectivity index (χ3v) is 6.03. The van der Waals surface area contributed by atoms with Crippen molar-refractivity contribution in [3.63, 3.8) is 0 Å². The molecule has 1 fully saturated rings. The van der Waals surface area contributed by atoms with Gasteiger partial charge in [-0.3, -0.25) is 9.71 Å². The molecule has 0 aliphatic carbocycles. The Bertz CT molecular complexity index is 1080. The Balaban J connectivity index is 1.62. The molecule has 0 bridgehead atoms.